The highest BCUT2D eigenvalue weighted by Gasteiger charge is 2.45. The summed E-state index contributed by atoms with van der Waals surface area (Å²) >= 11 is 0. The number of benzene rings is 2. The van der Waals surface area contributed by atoms with Crippen molar-refractivity contribution in [2.45, 2.75) is 57.2 Å². The van der Waals surface area contributed by atoms with Crippen LogP contribution in [0.2, 0.25) is 0 Å². The molecular weight excluding hydrogens is 536 g/mol. The Kier molecular flexibility index (Phi) is 7.32. The first kappa shape index (κ1) is 27.4. The van der Waals surface area contributed by atoms with E-state index in [0.29, 0.717) is 25.3 Å². The van der Waals surface area contributed by atoms with Gasteiger partial charge in [0.05, 0.1) is 29.3 Å². The normalized spacial score (nSPS) is 20.0. The smallest absolute Gasteiger partial charge is 0.264 e. The average molecular weight is 569 g/mol. The number of imide groups is 2. The van der Waals surface area contributed by atoms with Gasteiger partial charge >= 0.3 is 0 Å². The van der Waals surface area contributed by atoms with Gasteiger partial charge in [-0.1, -0.05) is 36.4 Å². The lowest BCUT2D eigenvalue weighted by Crippen LogP contribution is -2.54. The van der Waals surface area contributed by atoms with E-state index in [-0.39, 0.29) is 41.8 Å². The quantitative estimate of drug-likeness (QED) is 0.419. The molecule has 0 radical (unpaired) electrons. The van der Waals surface area contributed by atoms with Crippen LogP contribution in [-0.4, -0.2) is 68.2 Å². The highest BCUT2D eigenvalue weighted by Crippen LogP contribution is 2.33. The highest BCUT2D eigenvalue weighted by molar-refractivity contribution is 6.25. The molecule has 2 N–H and O–H groups in total. The van der Waals surface area contributed by atoms with Crippen molar-refractivity contribution in [2.75, 3.05) is 18.4 Å². The maximum atomic E-state index is 13.3. The van der Waals surface area contributed by atoms with Crippen molar-refractivity contribution in [1.82, 2.24) is 24.9 Å². The Balaban J connectivity index is 1.07. The molecule has 4 heterocycles. The van der Waals surface area contributed by atoms with Crippen LogP contribution in [0.15, 0.2) is 60.9 Å². The molecule has 3 aromatic rings. The molecule has 5 amide bonds. The van der Waals surface area contributed by atoms with Crippen molar-refractivity contribution in [1.29, 1.82) is 0 Å². The summed E-state index contributed by atoms with van der Waals surface area (Å²) in [6.45, 7) is 3.67. The number of carbonyl (C=O) groups excluding carboxylic acids is 5. The number of aromatic nitrogens is 2. The van der Waals surface area contributed by atoms with Gasteiger partial charge in [0.1, 0.15) is 6.04 Å². The summed E-state index contributed by atoms with van der Waals surface area (Å²) in [6, 6.07) is 14.0. The van der Waals surface area contributed by atoms with Crippen LogP contribution in [-0.2, 0) is 20.9 Å². The van der Waals surface area contributed by atoms with E-state index in [1.54, 1.807) is 24.4 Å². The van der Waals surface area contributed by atoms with Gasteiger partial charge in [0.25, 0.3) is 11.8 Å². The van der Waals surface area contributed by atoms with Gasteiger partial charge in [0.2, 0.25) is 17.7 Å². The number of nitrogens with zero attached hydrogens (tertiary/aromatic N) is 4. The minimum Gasteiger partial charge on any atom is -0.380 e. The minimum absolute atomic E-state index is 0.0705. The molecule has 11 nitrogen and oxygen atoms in total. The fourth-order valence-corrected chi connectivity index (χ4v) is 6.04. The van der Waals surface area contributed by atoms with E-state index in [9.17, 15) is 24.0 Å². The molecule has 2 aromatic carbocycles. The molecule has 42 heavy (non-hydrogen) atoms. The maximum absolute atomic E-state index is 13.3. The van der Waals surface area contributed by atoms with Crippen molar-refractivity contribution in [3.63, 3.8) is 0 Å². The lowest BCUT2D eigenvalue weighted by atomic mass is 9.97. The molecule has 0 bridgehead atoms. The topological polar surface area (TPSA) is 134 Å². The minimum atomic E-state index is -1.01. The number of carbonyl (C=O) groups is 5. The summed E-state index contributed by atoms with van der Waals surface area (Å²) in [4.78, 5) is 66.3. The van der Waals surface area contributed by atoms with Crippen molar-refractivity contribution in [3.05, 3.63) is 83.2 Å². The predicted octanol–water partition coefficient (Wildman–Crippen LogP) is 2.86. The second-order valence-electron chi connectivity index (χ2n) is 11.0. The van der Waals surface area contributed by atoms with E-state index in [0.717, 1.165) is 28.9 Å². The van der Waals surface area contributed by atoms with Crippen molar-refractivity contribution < 1.29 is 24.0 Å². The van der Waals surface area contributed by atoms with Crippen LogP contribution < -0.4 is 10.6 Å². The molecule has 0 saturated carbocycles. The van der Waals surface area contributed by atoms with Crippen LogP contribution in [0, 0.1) is 0 Å². The van der Waals surface area contributed by atoms with Crippen molar-refractivity contribution in [3.8, 4) is 0 Å². The summed E-state index contributed by atoms with van der Waals surface area (Å²) in [5, 5.41) is 10.0. The third kappa shape index (κ3) is 5.06. The number of nitrogens with one attached hydrogen (secondary N) is 2. The van der Waals surface area contributed by atoms with Crippen LogP contribution >= 0.6 is 0 Å². The van der Waals surface area contributed by atoms with Crippen LogP contribution in [0.4, 0.5) is 5.69 Å². The number of fused-ring (bicyclic) bond motifs is 1. The Morgan fingerprint density at radius 1 is 1.00 bits per heavy atom. The Morgan fingerprint density at radius 3 is 2.50 bits per heavy atom. The second-order valence-corrected chi connectivity index (χ2v) is 11.0. The standard InChI is InChI=1S/C31H32N6O5/c1-19(21-6-3-2-4-7-21)29(40)35-14-12-22(13-15-35)36-18-20(17-33-36)16-32-24-9-5-8-23-27(24)31(42)37(30(23)41)25-10-11-26(38)34-28(25)39/h2-9,17-19,22,25,32H,10-16H2,1H3,(H,34,38,39)/t19-,25?/m1/s1. The Morgan fingerprint density at radius 2 is 1.76 bits per heavy atom. The molecule has 2 atom stereocenters. The molecule has 3 aliphatic heterocycles. The number of hydrogen-bond acceptors (Lipinski definition) is 7. The number of hydrogen-bond donors (Lipinski definition) is 2. The second kappa shape index (κ2) is 11.2. The number of piperidine rings is 2. The fraction of sp³-hybridized carbons (Fsp3) is 0.355. The van der Waals surface area contributed by atoms with Gasteiger partial charge in [-0.15, -0.1) is 0 Å². The first-order valence-electron chi connectivity index (χ1n) is 14.3. The summed E-state index contributed by atoms with van der Waals surface area (Å²) in [5.41, 5.74) is 2.87. The van der Waals surface area contributed by atoms with Crippen LogP contribution in [0.3, 0.4) is 0 Å². The van der Waals surface area contributed by atoms with E-state index in [4.69, 9.17) is 0 Å². The third-order valence-corrected chi connectivity index (χ3v) is 8.43. The molecule has 1 unspecified atom stereocenters. The maximum Gasteiger partial charge on any atom is 0.264 e. The summed E-state index contributed by atoms with van der Waals surface area (Å²) in [7, 11) is 0. The molecule has 3 aliphatic rings. The number of anilines is 1. The van der Waals surface area contributed by atoms with E-state index in [1.807, 2.05) is 53.0 Å². The number of likely N-dealkylation sites (tertiary alicyclic amines) is 1. The summed E-state index contributed by atoms with van der Waals surface area (Å²) in [5.74, 6) is -2.17. The average Bonchev–Trinajstić information content (AvgIpc) is 3.59. The lowest BCUT2D eigenvalue weighted by Gasteiger charge is -2.33. The third-order valence-electron chi connectivity index (χ3n) is 8.43. The number of amides is 5. The van der Waals surface area contributed by atoms with Crippen LogP contribution in [0.25, 0.3) is 0 Å². The zero-order valence-corrected chi connectivity index (χ0v) is 23.3. The van der Waals surface area contributed by atoms with Crippen molar-refractivity contribution >= 4 is 35.2 Å². The monoisotopic (exact) mass is 568 g/mol. The molecule has 216 valence electrons. The molecule has 0 aliphatic carbocycles. The lowest BCUT2D eigenvalue weighted by molar-refractivity contribution is -0.136. The molecule has 6 rings (SSSR count). The van der Waals surface area contributed by atoms with E-state index < -0.39 is 29.7 Å². The Labute approximate surface area is 242 Å². The fourth-order valence-electron chi connectivity index (χ4n) is 6.04. The van der Waals surface area contributed by atoms with Gasteiger partial charge in [-0.2, -0.15) is 5.10 Å². The molecule has 11 heteroatoms. The van der Waals surface area contributed by atoms with Gasteiger partial charge < -0.3 is 10.2 Å². The molecule has 1 aromatic heterocycles. The Hall–Kier alpha value is -4.80. The van der Waals surface area contributed by atoms with Gasteiger partial charge in [-0.3, -0.25) is 38.9 Å². The Bertz CT molecular complexity index is 1560. The van der Waals surface area contributed by atoms with Gasteiger partial charge in [-0.05, 0) is 43.9 Å². The van der Waals surface area contributed by atoms with Crippen LogP contribution in [0.5, 0.6) is 0 Å². The SMILES string of the molecule is C[C@@H](C(=O)N1CCC(n2cc(CNc3cccc4c3C(=O)N(C3CCC(=O)NC3=O)C4=O)cn2)CC1)c1ccccc1. The van der Waals surface area contributed by atoms with Gasteiger partial charge in [-0.25, -0.2) is 0 Å². The zero-order chi connectivity index (χ0) is 29.4. The van der Waals surface area contributed by atoms with Gasteiger partial charge in [0, 0.05) is 43.5 Å². The molecular formula is C31H32N6O5. The predicted molar refractivity (Wildman–Crippen MR) is 152 cm³/mol. The van der Waals surface area contributed by atoms with E-state index in [1.165, 1.54) is 0 Å². The molecule has 0 spiro atoms. The van der Waals surface area contributed by atoms with Gasteiger partial charge in [0.15, 0.2) is 0 Å². The van der Waals surface area contributed by atoms with E-state index in [2.05, 4.69) is 15.7 Å². The first-order chi connectivity index (χ1) is 20.3. The summed E-state index contributed by atoms with van der Waals surface area (Å²) in [6.07, 6.45) is 5.53. The largest absolute Gasteiger partial charge is 0.380 e. The first-order valence-corrected chi connectivity index (χ1v) is 14.3. The summed E-state index contributed by atoms with van der Waals surface area (Å²) < 4.78 is 1.94. The van der Waals surface area contributed by atoms with Crippen molar-refractivity contribution in [2.24, 2.45) is 0 Å². The molecule has 2 fully saturated rings. The van der Waals surface area contributed by atoms with Crippen LogP contribution in [0.1, 0.15) is 76.4 Å². The molecule has 2 saturated heterocycles. The zero-order valence-electron chi connectivity index (χ0n) is 23.3. The highest BCUT2D eigenvalue weighted by atomic mass is 16.2. The number of rotatable bonds is 7. The van der Waals surface area contributed by atoms with E-state index >= 15 is 0 Å².